The van der Waals surface area contributed by atoms with Crippen LogP contribution in [0.25, 0.3) is 0 Å². The number of sulfonamides is 1. The van der Waals surface area contributed by atoms with Crippen LogP contribution < -0.4 is 10.0 Å². The van der Waals surface area contributed by atoms with Gasteiger partial charge in [0, 0.05) is 28.8 Å². The van der Waals surface area contributed by atoms with Gasteiger partial charge in [0.2, 0.25) is 5.91 Å². The highest BCUT2D eigenvalue weighted by molar-refractivity contribution is 7.92. The molecule has 2 N–H and O–H groups in total. The van der Waals surface area contributed by atoms with Gasteiger partial charge in [0.25, 0.3) is 10.0 Å². The third kappa shape index (κ3) is 5.01. The molecule has 0 atom stereocenters. The van der Waals surface area contributed by atoms with Crippen molar-refractivity contribution in [3.05, 3.63) is 88.9 Å². The topological polar surface area (TPSA) is 92.3 Å². The monoisotopic (exact) mass is 428 g/mol. The molecular formula is C21H17ClN2O4S. The van der Waals surface area contributed by atoms with E-state index < -0.39 is 10.0 Å². The third-order valence-electron chi connectivity index (χ3n) is 3.99. The summed E-state index contributed by atoms with van der Waals surface area (Å²) in [6.45, 7) is 1.36. The molecule has 3 aromatic rings. The van der Waals surface area contributed by atoms with Gasteiger partial charge < -0.3 is 5.32 Å². The van der Waals surface area contributed by atoms with Crippen molar-refractivity contribution in [2.75, 3.05) is 10.0 Å². The van der Waals surface area contributed by atoms with Crippen molar-refractivity contribution in [1.82, 2.24) is 0 Å². The second kappa shape index (κ2) is 8.46. The number of carbonyl (C=O) groups is 2. The Hall–Kier alpha value is -3.16. The maximum Gasteiger partial charge on any atom is 0.261 e. The quantitative estimate of drug-likeness (QED) is 0.571. The molecule has 6 nitrogen and oxygen atoms in total. The summed E-state index contributed by atoms with van der Waals surface area (Å²) in [6.07, 6.45) is 0. The lowest BCUT2D eigenvalue weighted by Gasteiger charge is -2.13. The van der Waals surface area contributed by atoms with Crippen LogP contribution in [0.15, 0.2) is 77.7 Å². The van der Waals surface area contributed by atoms with Crippen LogP contribution in [0.5, 0.6) is 0 Å². The van der Waals surface area contributed by atoms with Crippen LogP contribution in [0.3, 0.4) is 0 Å². The lowest BCUT2D eigenvalue weighted by molar-refractivity contribution is -0.114. The highest BCUT2D eigenvalue weighted by atomic mass is 35.5. The number of nitrogens with one attached hydrogen (secondary N) is 2. The summed E-state index contributed by atoms with van der Waals surface area (Å²) >= 11 is 5.96. The average Bonchev–Trinajstić information content (AvgIpc) is 2.67. The van der Waals surface area contributed by atoms with Crippen LogP contribution in [-0.2, 0) is 14.8 Å². The number of hydrogen-bond acceptors (Lipinski definition) is 4. The summed E-state index contributed by atoms with van der Waals surface area (Å²) in [4.78, 5) is 23.9. The van der Waals surface area contributed by atoms with Crippen molar-refractivity contribution in [3.8, 4) is 0 Å². The minimum absolute atomic E-state index is 0.00314. The normalized spacial score (nSPS) is 11.0. The van der Waals surface area contributed by atoms with Crippen LogP contribution in [0.4, 0.5) is 11.4 Å². The minimum Gasteiger partial charge on any atom is -0.326 e. The highest BCUT2D eigenvalue weighted by Crippen LogP contribution is 2.24. The fourth-order valence-electron chi connectivity index (χ4n) is 2.68. The van der Waals surface area contributed by atoms with Crippen molar-refractivity contribution >= 4 is 44.7 Å². The van der Waals surface area contributed by atoms with E-state index in [-0.39, 0.29) is 27.8 Å². The van der Waals surface area contributed by atoms with E-state index in [0.717, 1.165) is 0 Å². The number of rotatable bonds is 6. The Morgan fingerprint density at radius 1 is 0.897 bits per heavy atom. The molecule has 0 aliphatic rings. The molecule has 0 heterocycles. The summed E-state index contributed by atoms with van der Waals surface area (Å²) in [7, 11) is -3.95. The lowest BCUT2D eigenvalue weighted by atomic mass is 10.0. The molecule has 0 saturated heterocycles. The number of hydrogen-bond donors (Lipinski definition) is 2. The number of ketones is 1. The van der Waals surface area contributed by atoms with Gasteiger partial charge in [-0.15, -0.1) is 0 Å². The zero-order valence-corrected chi connectivity index (χ0v) is 16.9. The number of para-hydroxylation sites is 1. The number of amides is 1. The van der Waals surface area contributed by atoms with E-state index in [1.165, 1.54) is 43.3 Å². The second-order valence-corrected chi connectivity index (χ2v) is 8.31. The summed E-state index contributed by atoms with van der Waals surface area (Å²) in [5, 5.41) is 2.98. The summed E-state index contributed by atoms with van der Waals surface area (Å²) in [5.74, 6) is -0.612. The van der Waals surface area contributed by atoms with Crippen molar-refractivity contribution in [2.24, 2.45) is 0 Å². The number of carbonyl (C=O) groups excluding carboxylic acids is 2. The van der Waals surface area contributed by atoms with Gasteiger partial charge in [-0.2, -0.15) is 0 Å². The third-order valence-corrected chi connectivity index (χ3v) is 5.60. The Morgan fingerprint density at radius 2 is 1.59 bits per heavy atom. The second-order valence-electron chi connectivity index (χ2n) is 6.20. The van der Waals surface area contributed by atoms with Gasteiger partial charge >= 0.3 is 0 Å². The van der Waals surface area contributed by atoms with Gasteiger partial charge in [0.1, 0.15) is 0 Å². The molecule has 0 aromatic heterocycles. The zero-order chi connectivity index (χ0) is 21.0. The zero-order valence-electron chi connectivity index (χ0n) is 15.3. The molecule has 0 aliphatic carbocycles. The van der Waals surface area contributed by atoms with E-state index in [9.17, 15) is 18.0 Å². The molecule has 3 rings (SSSR count). The Balaban J connectivity index is 1.90. The Kier molecular flexibility index (Phi) is 6.00. The van der Waals surface area contributed by atoms with Gasteiger partial charge in [-0.1, -0.05) is 35.9 Å². The predicted octanol–water partition coefficient (Wildman–Crippen LogP) is 4.33. The van der Waals surface area contributed by atoms with Gasteiger partial charge in [-0.3, -0.25) is 14.3 Å². The van der Waals surface area contributed by atoms with Gasteiger partial charge in [0.15, 0.2) is 5.78 Å². The number of anilines is 2. The standard InChI is InChI=1S/C21H17ClN2O4S/c1-14(25)23-17-9-11-18(12-10-17)29(27,28)24-20-8-3-2-7-19(20)21(26)15-5-4-6-16(22)13-15/h2-13,24H,1H3,(H,23,25). The smallest absolute Gasteiger partial charge is 0.261 e. The summed E-state index contributed by atoms with van der Waals surface area (Å²) in [6, 6.07) is 18.5. The molecule has 0 radical (unpaired) electrons. The van der Waals surface area contributed by atoms with Crippen molar-refractivity contribution in [2.45, 2.75) is 11.8 Å². The molecule has 8 heteroatoms. The average molecular weight is 429 g/mol. The van der Waals surface area contributed by atoms with Crippen LogP contribution in [0.1, 0.15) is 22.8 Å². The van der Waals surface area contributed by atoms with Crippen molar-refractivity contribution in [1.29, 1.82) is 0 Å². The highest BCUT2D eigenvalue weighted by Gasteiger charge is 2.19. The fraction of sp³-hybridized carbons (Fsp3) is 0.0476. The van der Waals surface area contributed by atoms with E-state index >= 15 is 0 Å². The predicted molar refractivity (Wildman–Crippen MR) is 113 cm³/mol. The summed E-state index contributed by atoms with van der Waals surface area (Å²) < 4.78 is 28.0. The number of halogens is 1. The summed E-state index contributed by atoms with van der Waals surface area (Å²) in [5.41, 5.74) is 1.19. The van der Waals surface area contributed by atoms with Gasteiger partial charge in [-0.25, -0.2) is 8.42 Å². The number of benzene rings is 3. The SMILES string of the molecule is CC(=O)Nc1ccc(S(=O)(=O)Nc2ccccc2C(=O)c2cccc(Cl)c2)cc1. The molecule has 0 aliphatic heterocycles. The maximum absolute atomic E-state index is 12.9. The van der Waals surface area contributed by atoms with Crippen molar-refractivity contribution < 1.29 is 18.0 Å². The maximum atomic E-state index is 12.9. The van der Waals surface area contributed by atoms with Gasteiger partial charge in [-0.05, 0) is 48.5 Å². The first kappa shape index (κ1) is 20.6. The molecule has 1 amide bonds. The van der Waals surface area contributed by atoms with E-state index in [1.807, 2.05) is 0 Å². The van der Waals surface area contributed by atoms with Crippen LogP contribution >= 0.6 is 11.6 Å². The molecule has 29 heavy (non-hydrogen) atoms. The van der Waals surface area contributed by atoms with Crippen LogP contribution in [0, 0.1) is 0 Å². The minimum atomic E-state index is -3.95. The molecule has 3 aromatic carbocycles. The van der Waals surface area contributed by atoms with Crippen LogP contribution in [-0.4, -0.2) is 20.1 Å². The van der Waals surface area contributed by atoms with Crippen LogP contribution in [0.2, 0.25) is 5.02 Å². The molecule has 0 fully saturated rings. The van der Waals surface area contributed by atoms with E-state index in [2.05, 4.69) is 10.0 Å². The first-order valence-electron chi connectivity index (χ1n) is 8.56. The lowest BCUT2D eigenvalue weighted by Crippen LogP contribution is -2.16. The largest absolute Gasteiger partial charge is 0.326 e. The van der Waals surface area contributed by atoms with E-state index in [4.69, 9.17) is 11.6 Å². The van der Waals surface area contributed by atoms with Gasteiger partial charge in [0.05, 0.1) is 10.6 Å². The molecule has 0 bridgehead atoms. The molecule has 148 valence electrons. The molecule has 0 unspecified atom stereocenters. The molecule has 0 spiro atoms. The first-order valence-corrected chi connectivity index (χ1v) is 10.4. The van der Waals surface area contributed by atoms with Crippen molar-refractivity contribution in [3.63, 3.8) is 0 Å². The molecular weight excluding hydrogens is 412 g/mol. The Morgan fingerprint density at radius 3 is 2.24 bits per heavy atom. The Bertz CT molecular complexity index is 1180. The molecule has 0 saturated carbocycles. The van der Waals surface area contributed by atoms with E-state index in [0.29, 0.717) is 16.3 Å². The first-order chi connectivity index (χ1) is 13.8. The fourth-order valence-corrected chi connectivity index (χ4v) is 3.95. The Labute approximate surface area is 173 Å². The van der Waals surface area contributed by atoms with E-state index in [1.54, 1.807) is 36.4 Å².